The minimum atomic E-state index is -3.70. The van der Waals surface area contributed by atoms with Crippen LogP contribution in [0.3, 0.4) is 0 Å². The molecule has 2 amide bonds. The van der Waals surface area contributed by atoms with E-state index in [4.69, 9.17) is 4.74 Å². The van der Waals surface area contributed by atoms with Crippen LogP contribution in [0.2, 0.25) is 0 Å². The molecule has 1 heterocycles. The van der Waals surface area contributed by atoms with Crippen LogP contribution in [0.25, 0.3) is 0 Å². The minimum absolute atomic E-state index is 0.0194. The third-order valence-electron chi connectivity index (χ3n) is 5.78. The van der Waals surface area contributed by atoms with E-state index in [9.17, 15) is 18.0 Å². The molecule has 0 spiro atoms. The van der Waals surface area contributed by atoms with E-state index >= 15 is 0 Å². The number of ether oxygens (including phenoxy) is 1. The minimum Gasteiger partial charge on any atom is -0.494 e. The van der Waals surface area contributed by atoms with Crippen molar-refractivity contribution in [1.82, 2.24) is 19.8 Å². The highest BCUT2D eigenvalue weighted by atomic mass is 32.2. The van der Waals surface area contributed by atoms with Gasteiger partial charge in [-0.05, 0) is 63.5 Å². The van der Waals surface area contributed by atoms with Crippen LogP contribution < -0.4 is 14.8 Å². The number of hydrogen-bond donors (Lipinski definition) is 2. The monoisotopic (exact) mass is 496 g/mol. The van der Waals surface area contributed by atoms with Crippen LogP contribution in [0.1, 0.15) is 40.0 Å². The van der Waals surface area contributed by atoms with Gasteiger partial charge in [0, 0.05) is 45.1 Å². The number of sulfonamides is 1. The number of hydrogen-bond acceptors (Lipinski definition) is 6. The highest BCUT2D eigenvalue weighted by Gasteiger charge is 2.28. The second kappa shape index (κ2) is 12.5. The first kappa shape index (κ1) is 28.1. The third-order valence-corrected chi connectivity index (χ3v) is 7.26. The fourth-order valence-corrected chi connectivity index (χ4v) is 5.22. The van der Waals surface area contributed by atoms with E-state index in [0.29, 0.717) is 44.8 Å². The number of nitrogens with zero attached hydrogens (tertiary/aromatic N) is 2. The summed E-state index contributed by atoms with van der Waals surface area (Å²) in [6, 6.07) is 6.17. The number of benzene rings is 1. The van der Waals surface area contributed by atoms with Gasteiger partial charge in [0.1, 0.15) is 5.75 Å². The molecule has 9 nitrogen and oxygen atoms in total. The van der Waals surface area contributed by atoms with Crippen LogP contribution in [0, 0.1) is 11.3 Å². The first-order valence-corrected chi connectivity index (χ1v) is 13.3. The summed E-state index contributed by atoms with van der Waals surface area (Å²) in [4.78, 5) is 29.1. The molecule has 34 heavy (non-hydrogen) atoms. The molecule has 1 saturated heterocycles. The predicted molar refractivity (Wildman–Crippen MR) is 132 cm³/mol. The largest absolute Gasteiger partial charge is 0.494 e. The lowest BCUT2D eigenvalue weighted by Gasteiger charge is -2.33. The Morgan fingerprint density at radius 1 is 1.15 bits per heavy atom. The van der Waals surface area contributed by atoms with Gasteiger partial charge in [0.25, 0.3) is 0 Å². The molecule has 2 rings (SSSR count). The molecule has 1 aromatic carbocycles. The van der Waals surface area contributed by atoms with Crippen LogP contribution >= 0.6 is 0 Å². The lowest BCUT2D eigenvalue weighted by molar-refractivity contribution is -0.135. The van der Waals surface area contributed by atoms with Gasteiger partial charge in [0.15, 0.2) is 0 Å². The molecule has 1 aromatic rings. The van der Waals surface area contributed by atoms with E-state index in [2.05, 4.69) is 28.8 Å². The number of carbonyl (C=O) groups is 2. The first-order valence-electron chi connectivity index (χ1n) is 11.9. The molecule has 0 aliphatic carbocycles. The third kappa shape index (κ3) is 8.88. The maximum Gasteiger partial charge on any atom is 0.240 e. The number of amides is 2. The standard InChI is InChI=1S/C24H40N4O5S/c1-6-33-20-7-9-21(10-8-20)34(31,32)26-14-11-22(29)28-15-12-19(13-16-28)23(30)25-17-24(2,3)18-27(4)5/h7-10,19,26H,6,11-18H2,1-5H3,(H,25,30). The lowest BCUT2D eigenvalue weighted by Crippen LogP contribution is -2.46. The fourth-order valence-electron chi connectivity index (χ4n) is 4.19. The Balaban J connectivity index is 1.73. The molecule has 0 atom stereocenters. The van der Waals surface area contributed by atoms with Gasteiger partial charge in [-0.1, -0.05) is 13.8 Å². The first-order chi connectivity index (χ1) is 15.9. The van der Waals surface area contributed by atoms with Gasteiger partial charge in [-0.2, -0.15) is 0 Å². The SMILES string of the molecule is CCOc1ccc(S(=O)(=O)NCCC(=O)N2CCC(C(=O)NCC(C)(C)CN(C)C)CC2)cc1. The number of carbonyl (C=O) groups excluding carboxylic acids is 2. The summed E-state index contributed by atoms with van der Waals surface area (Å²) in [5.74, 6) is 0.436. The molecule has 0 bridgehead atoms. The summed E-state index contributed by atoms with van der Waals surface area (Å²) in [6.45, 7) is 9.12. The maximum atomic E-state index is 12.6. The summed E-state index contributed by atoms with van der Waals surface area (Å²) in [5.41, 5.74) is -0.0194. The Morgan fingerprint density at radius 2 is 1.76 bits per heavy atom. The van der Waals surface area contributed by atoms with Crippen LogP contribution in [0.15, 0.2) is 29.2 Å². The van der Waals surface area contributed by atoms with Crippen molar-refractivity contribution >= 4 is 21.8 Å². The van der Waals surface area contributed by atoms with Crippen LogP contribution in [-0.2, 0) is 19.6 Å². The molecule has 192 valence electrons. The quantitative estimate of drug-likeness (QED) is 0.456. The molecule has 0 aromatic heterocycles. The van der Waals surface area contributed by atoms with Crippen molar-refractivity contribution in [1.29, 1.82) is 0 Å². The predicted octanol–water partition coefficient (Wildman–Crippen LogP) is 1.70. The molecule has 1 aliphatic rings. The van der Waals surface area contributed by atoms with Crippen molar-refractivity contribution in [3.8, 4) is 5.75 Å². The summed E-state index contributed by atoms with van der Waals surface area (Å²) in [6.07, 6.45) is 1.30. The molecule has 1 aliphatic heterocycles. The Labute approximate surface area is 204 Å². The molecular formula is C24H40N4O5S. The average Bonchev–Trinajstić information content (AvgIpc) is 2.77. The van der Waals surface area contributed by atoms with Crippen molar-refractivity contribution in [3.05, 3.63) is 24.3 Å². The van der Waals surface area contributed by atoms with Gasteiger partial charge in [-0.15, -0.1) is 0 Å². The van der Waals surface area contributed by atoms with Gasteiger partial charge in [0.2, 0.25) is 21.8 Å². The number of nitrogens with one attached hydrogen (secondary N) is 2. The lowest BCUT2D eigenvalue weighted by atomic mass is 9.91. The number of likely N-dealkylation sites (tertiary alicyclic amines) is 1. The van der Waals surface area contributed by atoms with E-state index < -0.39 is 10.0 Å². The number of rotatable bonds is 12. The van der Waals surface area contributed by atoms with Crippen LogP contribution in [0.4, 0.5) is 0 Å². The topological polar surface area (TPSA) is 108 Å². The molecule has 0 radical (unpaired) electrons. The van der Waals surface area contributed by atoms with Gasteiger partial charge >= 0.3 is 0 Å². The Hall–Kier alpha value is -2.17. The summed E-state index contributed by atoms with van der Waals surface area (Å²) >= 11 is 0. The van der Waals surface area contributed by atoms with Crippen LogP contribution in [-0.4, -0.2) is 83.5 Å². The molecular weight excluding hydrogens is 456 g/mol. The molecule has 1 fully saturated rings. The van der Waals surface area contributed by atoms with Gasteiger partial charge in [-0.25, -0.2) is 13.1 Å². The fraction of sp³-hybridized carbons (Fsp3) is 0.667. The van der Waals surface area contributed by atoms with Gasteiger partial charge < -0.3 is 19.9 Å². The normalized spacial score (nSPS) is 15.4. The zero-order valence-electron chi connectivity index (χ0n) is 21.1. The van der Waals surface area contributed by atoms with E-state index in [1.54, 1.807) is 17.0 Å². The zero-order chi connectivity index (χ0) is 25.4. The van der Waals surface area contributed by atoms with E-state index in [1.165, 1.54) is 12.1 Å². The molecule has 10 heteroatoms. The second-order valence-corrected chi connectivity index (χ2v) is 11.6. The summed E-state index contributed by atoms with van der Waals surface area (Å²) in [7, 11) is 0.334. The average molecular weight is 497 g/mol. The van der Waals surface area contributed by atoms with Gasteiger partial charge in [0.05, 0.1) is 11.5 Å². The van der Waals surface area contributed by atoms with Crippen LogP contribution in [0.5, 0.6) is 5.75 Å². The van der Waals surface area contributed by atoms with E-state index in [-0.39, 0.29) is 41.0 Å². The van der Waals surface area contributed by atoms with Crippen molar-refractivity contribution < 1.29 is 22.7 Å². The highest BCUT2D eigenvalue weighted by molar-refractivity contribution is 7.89. The van der Waals surface area contributed by atoms with Crippen molar-refractivity contribution in [3.63, 3.8) is 0 Å². The Morgan fingerprint density at radius 3 is 2.32 bits per heavy atom. The number of piperidine rings is 1. The molecule has 0 saturated carbocycles. The molecule has 0 unspecified atom stereocenters. The van der Waals surface area contributed by atoms with Crippen molar-refractivity contribution in [2.24, 2.45) is 11.3 Å². The van der Waals surface area contributed by atoms with E-state index in [0.717, 1.165) is 6.54 Å². The smallest absolute Gasteiger partial charge is 0.240 e. The second-order valence-electron chi connectivity index (χ2n) is 9.83. The highest BCUT2D eigenvalue weighted by Crippen LogP contribution is 2.20. The maximum absolute atomic E-state index is 12.6. The van der Waals surface area contributed by atoms with E-state index in [1.807, 2.05) is 21.0 Å². The Kier molecular flexibility index (Phi) is 10.3. The Bertz CT molecular complexity index is 908. The van der Waals surface area contributed by atoms with Crippen molar-refractivity contribution in [2.75, 3.05) is 53.4 Å². The molecule has 2 N–H and O–H groups in total. The summed E-state index contributed by atoms with van der Waals surface area (Å²) in [5, 5.41) is 3.07. The zero-order valence-corrected chi connectivity index (χ0v) is 21.9. The van der Waals surface area contributed by atoms with Crippen molar-refractivity contribution in [2.45, 2.75) is 44.9 Å². The summed E-state index contributed by atoms with van der Waals surface area (Å²) < 4.78 is 32.7. The van der Waals surface area contributed by atoms with Gasteiger partial charge in [-0.3, -0.25) is 9.59 Å².